The van der Waals surface area contributed by atoms with E-state index in [1.165, 1.54) is 43.4 Å². The zero-order valence-electron chi connectivity index (χ0n) is 15.8. The predicted octanol–water partition coefficient (Wildman–Crippen LogP) is 4.42. The fraction of sp³-hybridized carbons (Fsp3) is 0.524. The summed E-state index contributed by atoms with van der Waals surface area (Å²) in [7, 11) is 0. The van der Waals surface area contributed by atoms with Gasteiger partial charge >= 0.3 is 0 Å². The SMILES string of the molecule is O=C(Nc1nc(-c2ccc(Cl)cc2)cs1)C1CC(O)CN1CC1CCCCC1. The van der Waals surface area contributed by atoms with Crippen LogP contribution >= 0.6 is 22.9 Å². The Morgan fingerprint density at radius 2 is 2.00 bits per heavy atom. The summed E-state index contributed by atoms with van der Waals surface area (Å²) >= 11 is 7.36. The van der Waals surface area contributed by atoms with Crippen molar-refractivity contribution in [3.8, 4) is 11.3 Å². The molecule has 1 aliphatic heterocycles. The Balaban J connectivity index is 1.40. The van der Waals surface area contributed by atoms with Crippen molar-refractivity contribution in [2.24, 2.45) is 5.92 Å². The number of hydrogen-bond donors (Lipinski definition) is 2. The third kappa shape index (κ3) is 4.74. The molecule has 1 saturated carbocycles. The van der Waals surface area contributed by atoms with Crippen LogP contribution in [-0.4, -0.2) is 46.1 Å². The maximum atomic E-state index is 12.9. The second kappa shape index (κ2) is 8.91. The molecule has 1 aromatic carbocycles. The highest BCUT2D eigenvalue weighted by Gasteiger charge is 2.37. The van der Waals surface area contributed by atoms with Crippen molar-refractivity contribution >= 4 is 34.0 Å². The molecule has 2 aromatic rings. The van der Waals surface area contributed by atoms with E-state index in [0.717, 1.165) is 17.8 Å². The van der Waals surface area contributed by atoms with Crippen molar-refractivity contribution < 1.29 is 9.90 Å². The van der Waals surface area contributed by atoms with Crippen LogP contribution in [0.25, 0.3) is 11.3 Å². The van der Waals surface area contributed by atoms with Gasteiger partial charge in [-0.2, -0.15) is 0 Å². The van der Waals surface area contributed by atoms with Crippen LogP contribution in [0.4, 0.5) is 5.13 Å². The van der Waals surface area contributed by atoms with Crippen molar-refractivity contribution in [3.63, 3.8) is 0 Å². The fourth-order valence-electron chi connectivity index (χ4n) is 4.33. The summed E-state index contributed by atoms with van der Waals surface area (Å²) < 4.78 is 0. The minimum absolute atomic E-state index is 0.0654. The van der Waals surface area contributed by atoms with Gasteiger partial charge in [-0.1, -0.05) is 43.0 Å². The Bertz CT molecular complexity index is 804. The number of aliphatic hydroxyl groups excluding tert-OH is 1. The van der Waals surface area contributed by atoms with E-state index in [-0.39, 0.29) is 11.9 Å². The van der Waals surface area contributed by atoms with Crippen LogP contribution in [0.15, 0.2) is 29.6 Å². The Kier molecular flexibility index (Phi) is 6.31. The number of rotatable bonds is 5. The molecule has 1 amide bonds. The van der Waals surface area contributed by atoms with Crippen LogP contribution in [0.3, 0.4) is 0 Å². The molecule has 2 N–H and O–H groups in total. The Morgan fingerprint density at radius 3 is 2.75 bits per heavy atom. The minimum Gasteiger partial charge on any atom is -0.392 e. The van der Waals surface area contributed by atoms with Crippen LogP contribution in [0, 0.1) is 5.92 Å². The summed E-state index contributed by atoms with van der Waals surface area (Å²) in [6.07, 6.45) is 6.42. The van der Waals surface area contributed by atoms with Gasteiger partial charge in [0, 0.05) is 29.1 Å². The molecule has 1 aliphatic carbocycles. The molecule has 0 radical (unpaired) electrons. The third-order valence-corrected chi connectivity index (χ3v) is 6.79. The summed E-state index contributed by atoms with van der Waals surface area (Å²) in [5.74, 6) is 0.579. The van der Waals surface area contributed by atoms with Gasteiger partial charge in [-0.05, 0) is 37.3 Å². The van der Waals surface area contributed by atoms with Gasteiger partial charge in [0.05, 0.1) is 17.8 Å². The molecule has 2 heterocycles. The highest BCUT2D eigenvalue weighted by Crippen LogP contribution is 2.29. The van der Waals surface area contributed by atoms with Crippen LogP contribution in [0.5, 0.6) is 0 Å². The molecule has 0 bridgehead atoms. The molecule has 150 valence electrons. The smallest absolute Gasteiger partial charge is 0.243 e. The zero-order valence-corrected chi connectivity index (χ0v) is 17.4. The van der Waals surface area contributed by atoms with E-state index in [2.05, 4.69) is 15.2 Å². The summed E-state index contributed by atoms with van der Waals surface area (Å²) in [6.45, 7) is 1.49. The lowest BCUT2D eigenvalue weighted by molar-refractivity contribution is -0.120. The van der Waals surface area contributed by atoms with Gasteiger partial charge in [0.25, 0.3) is 0 Å². The van der Waals surface area contributed by atoms with Gasteiger partial charge < -0.3 is 10.4 Å². The first-order valence-electron chi connectivity index (χ1n) is 10.0. The first-order chi connectivity index (χ1) is 13.6. The lowest BCUT2D eigenvalue weighted by Gasteiger charge is -2.29. The van der Waals surface area contributed by atoms with E-state index in [0.29, 0.717) is 29.0 Å². The number of thiazole rings is 1. The number of likely N-dealkylation sites (tertiary alicyclic amines) is 1. The molecule has 2 unspecified atom stereocenters. The van der Waals surface area contributed by atoms with E-state index in [9.17, 15) is 9.90 Å². The second-order valence-electron chi connectivity index (χ2n) is 7.90. The van der Waals surface area contributed by atoms with Crippen molar-refractivity contribution in [3.05, 3.63) is 34.7 Å². The molecule has 1 aromatic heterocycles. The van der Waals surface area contributed by atoms with Crippen LogP contribution in [0.2, 0.25) is 5.02 Å². The maximum absolute atomic E-state index is 12.9. The first kappa shape index (κ1) is 19.8. The second-order valence-corrected chi connectivity index (χ2v) is 9.19. The fourth-order valence-corrected chi connectivity index (χ4v) is 5.18. The largest absolute Gasteiger partial charge is 0.392 e. The van der Waals surface area contributed by atoms with E-state index >= 15 is 0 Å². The van der Waals surface area contributed by atoms with Crippen LogP contribution in [0.1, 0.15) is 38.5 Å². The van der Waals surface area contributed by atoms with E-state index < -0.39 is 6.10 Å². The highest BCUT2D eigenvalue weighted by atomic mass is 35.5. The number of carbonyl (C=O) groups excluding carboxylic acids is 1. The number of aliphatic hydroxyl groups is 1. The van der Waals surface area contributed by atoms with E-state index in [1.807, 2.05) is 29.6 Å². The average molecular weight is 420 g/mol. The Morgan fingerprint density at radius 1 is 1.25 bits per heavy atom. The zero-order chi connectivity index (χ0) is 19.5. The molecule has 7 heteroatoms. The quantitative estimate of drug-likeness (QED) is 0.752. The molecule has 1 saturated heterocycles. The third-order valence-electron chi connectivity index (χ3n) is 5.78. The number of β-amino-alcohol motifs (C(OH)–C–C–N with tert-alkyl or cyclic N) is 1. The number of hydrogen-bond acceptors (Lipinski definition) is 5. The summed E-state index contributed by atoms with van der Waals surface area (Å²) in [6, 6.07) is 7.22. The van der Waals surface area contributed by atoms with E-state index in [4.69, 9.17) is 11.6 Å². The topological polar surface area (TPSA) is 65.5 Å². The number of halogens is 1. The van der Waals surface area contributed by atoms with Gasteiger partial charge in [-0.15, -0.1) is 11.3 Å². The summed E-state index contributed by atoms with van der Waals surface area (Å²) in [5, 5.41) is 16.3. The van der Waals surface area contributed by atoms with Gasteiger partial charge in [-0.3, -0.25) is 9.69 Å². The number of nitrogens with one attached hydrogen (secondary N) is 1. The average Bonchev–Trinajstić information content (AvgIpc) is 3.30. The molecule has 5 nitrogen and oxygen atoms in total. The lowest BCUT2D eigenvalue weighted by atomic mass is 9.89. The van der Waals surface area contributed by atoms with Gasteiger partial charge in [0.15, 0.2) is 5.13 Å². The number of nitrogens with zero attached hydrogens (tertiary/aromatic N) is 2. The van der Waals surface area contributed by atoms with E-state index in [1.54, 1.807) is 0 Å². The number of carbonyl (C=O) groups is 1. The standard InChI is InChI=1S/C21H26ClN3O2S/c22-16-8-6-15(7-9-16)18-13-28-21(23-18)24-20(27)19-10-17(26)12-25(19)11-14-4-2-1-3-5-14/h6-9,13-14,17,19,26H,1-5,10-12H2,(H,23,24,27). The van der Waals surface area contributed by atoms with Gasteiger partial charge in [0.1, 0.15) is 0 Å². The van der Waals surface area contributed by atoms with Crippen molar-refractivity contribution in [2.75, 3.05) is 18.4 Å². The Labute approximate surface area is 174 Å². The molecule has 0 spiro atoms. The Hall–Kier alpha value is -1.47. The normalized spacial score (nSPS) is 23.8. The molecule has 2 aliphatic rings. The molecular weight excluding hydrogens is 394 g/mol. The molecule has 2 fully saturated rings. The van der Waals surface area contributed by atoms with Gasteiger partial charge in [-0.25, -0.2) is 4.98 Å². The summed E-state index contributed by atoms with van der Waals surface area (Å²) in [5.41, 5.74) is 1.79. The van der Waals surface area contributed by atoms with Crippen LogP contribution < -0.4 is 5.32 Å². The highest BCUT2D eigenvalue weighted by molar-refractivity contribution is 7.14. The molecule has 4 rings (SSSR count). The van der Waals surface area contributed by atoms with Crippen LogP contribution in [-0.2, 0) is 4.79 Å². The predicted molar refractivity (Wildman–Crippen MR) is 114 cm³/mol. The number of anilines is 1. The minimum atomic E-state index is -0.430. The summed E-state index contributed by atoms with van der Waals surface area (Å²) in [4.78, 5) is 19.6. The molecular formula is C21H26ClN3O2S. The van der Waals surface area contributed by atoms with Gasteiger partial charge in [0.2, 0.25) is 5.91 Å². The molecule has 2 atom stereocenters. The number of aromatic nitrogens is 1. The monoisotopic (exact) mass is 419 g/mol. The number of benzene rings is 1. The van der Waals surface area contributed by atoms with Crippen molar-refractivity contribution in [1.29, 1.82) is 0 Å². The van der Waals surface area contributed by atoms with Crippen molar-refractivity contribution in [1.82, 2.24) is 9.88 Å². The maximum Gasteiger partial charge on any atom is 0.243 e. The molecule has 28 heavy (non-hydrogen) atoms. The first-order valence-corrected chi connectivity index (χ1v) is 11.3. The lowest BCUT2D eigenvalue weighted by Crippen LogP contribution is -2.42. The number of amides is 1. The van der Waals surface area contributed by atoms with Crippen molar-refractivity contribution in [2.45, 2.75) is 50.7 Å².